The molecule has 0 spiro atoms. The van der Waals surface area contributed by atoms with Gasteiger partial charge in [-0.05, 0) is 45.6 Å². The molecule has 2 aromatic rings. The number of hydrogen-bond acceptors (Lipinski definition) is 1. The Kier molecular flexibility index (Phi) is 3.46. The van der Waals surface area contributed by atoms with Crippen molar-refractivity contribution < 1.29 is 4.79 Å². The van der Waals surface area contributed by atoms with Crippen LogP contribution in [-0.4, -0.2) is 5.91 Å². The quantitative estimate of drug-likeness (QED) is 0.816. The fraction of sp³-hybridized carbons (Fsp3) is 0.133. The molecule has 0 radical (unpaired) electrons. The minimum atomic E-state index is -0.119. The van der Waals surface area contributed by atoms with Crippen LogP contribution in [0, 0.1) is 0 Å². The van der Waals surface area contributed by atoms with E-state index in [-0.39, 0.29) is 11.8 Å². The number of rotatable bonds is 2. The first-order valence-electron chi connectivity index (χ1n) is 5.99. The molecule has 4 heteroatoms. The lowest BCUT2D eigenvalue weighted by Gasteiger charge is -2.09. The van der Waals surface area contributed by atoms with E-state index in [0.717, 1.165) is 26.6 Å². The molecule has 1 heterocycles. The van der Waals surface area contributed by atoms with Gasteiger partial charge in [0.05, 0.1) is 11.6 Å². The van der Waals surface area contributed by atoms with Gasteiger partial charge in [0.1, 0.15) is 0 Å². The lowest BCUT2D eigenvalue weighted by atomic mass is 9.93. The summed E-state index contributed by atoms with van der Waals surface area (Å²) in [4.78, 5) is 12.2. The molecule has 0 bridgehead atoms. The predicted molar refractivity (Wildman–Crippen MR) is 83.4 cm³/mol. The van der Waals surface area contributed by atoms with Gasteiger partial charge in [0.25, 0.3) is 0 Å². The molecule has 96 valence electrons. The molecule has 19 heavy (non-hydrogen) atoms. The molecule has 2 aromatic carbocycles. The van der Waals surface area contributed by atoms with Crippen molar-refractivity contribution in [3.8, 4) is 0 Å². The van der Waals surface area contributed by atoms with Crippen LogP contribution in [0.25, 0.3) is 0 Å². The van der Waals surface area contributed by atoms with Crippen molar-refractivity contribution in [1.29, 1.82) is 0 Å². The number of halogens is 2. The third-order valence-corrected chi connectivity index (χ3v) is 4.39. The number of anilines is 1. The van der Waals surface area contributed by atoms with Gasteiger partial charge in [-0.15, -0.1) is 0 Å². The first-order valence-corrected chi connectivity index (χ1v) is 7.57. The summed E-state index contributed by atoms with van der Waals surface area (Å²) in [5.74, 6) is -0.0520. The van der Waals surface area contributed by atoms with Gasteiger partial charge in [-0.2, -0.15) is 0 Å². The Labute approximate surface area is 128 Å². The Morgan fingerprint density at radius 3 is 2.58 bits per heavy atom. The van der Waals surface area contributed by atoms with Crippen molar-refractivity contribution in [1.82, 2.24) is 0 Å². The van der Waals surface area contributed by atoms with Gasteiger partial charge in [-0.1, -0.05) is 46.3 Å². The number of carbonyl (C=O) groups excluding carboxylic acids is 1. The van der Waals surface area contributed by atoms with Crippen molar-refractivity contribution in [2.45, 2.75) is 12.3 Å². The van der Waals surface area contributed by atoms with E-state index in [2.05, 4.69) is 49.3 Å². The van der Waals surface area contributed by atoms with Gasteiger partial charge in [-0.25, -0.2) is 0 Å². The van der Waals surface area contributed by atoms with Gasteiger partial charge in [0, 0.05) is 8.95 Å². The van der Waals surface area contributed by atoms with E-state index in [1.54, 1.807) is 0 Å². The third kappa shape index (κ3) is 2.47. The van der Waals surface area contributed by atoms with Crippen LogP contribution >= 0.6 is 31.9 Å². The fourth-order valence-electron chi connectivity index (χ4n) is 2.40. The van der Waals surface area contributed by atoms with Crippen LogP contribution in [0.3, 0.4) is 0 Å². The summed E-state index contributed by atoms with van der Waals surface area (Å²) in [6, 6.07) is 14.1. The van der Waals surface area contributed by atoms with Crippen molar-refractivity contribution in [2.75, 3.05) is 5.32 Å². The second kappa shape index (κ2) is 5.10. The van der Waals surface area contributed by atoms with Crippen LogP contribution in [0.15, 0.2) is 51.4 Å². The number of fused-ring (bicyclic) bond motifs is 1. The van der Waals surface area contributed by atoms with Gasteiger partial charge in [0.15, 0.2) is 0 Å². The second-order valence-corrected chi connectivity index (χ2v) is 6.35. The summed E-state index contributed by atoms with van der Waals surface area (Å²) in [7, 11) is 0. The van der Waals surface area contributed by atoms with Crippen molar-refractivity contribution in [3.05, 3.63) is 62.5 Å². The first kappa shape index (κ1) is 12.9. The normalized spacial score (nSPS) is 17.2. The third-order valence-electron chi connectivity index (χ3n) is 3.31. The van der Waals surface area contributed by atoms with Gasteiger partial charge in [-0.3, -0.25) is 4.79 Å². The maximum atomic E-state index is 12.2. The topological polar surface area (TPSA) is 29.1 Å². The molecule has 2 nitrogen and oxygen atoms in total. The number of amides is 1. The predicted octanol–water partition coefficient (Wildman–Crippen LogP) is 4.49. The van der Waals surface area contributed by atoms with Crippen LogP contribution < -0.4 is 5.32 Å². The highest BCUT2D eigenvalue weighted by Crippen LogP contribution is 2.41. The summed E-state index contributed by atoms with van der Waals surface area (Å²) in [6.45, 7) is 0. The number of nitrogens with one attached hydrogen (secondary N) is 1. The number of benzene rings is 2. The number of carbonyl (C=O) groups is 1. The highest BCUT2D eigenvalue weighted by molar-refractivity contribution is 9.11. The molecule has 1 atom stereocenters. The molecule has 1 aliphatic rings. The molecule has 0 aliphatic carbocycles. The second-order valence-electron chi connectivity index (χ2n) is 4.58. The zero-order valence-corrected chi connectivity index (χ0v) is 13.2. The maximum absolute atomic E-state index is 12.2. The lowest BCUT2D eigenvalue weighted by Crippen LogP contribution is -2.14. The van der Waals surface area contributed by atoms with E-state index in [9.17, 15) is 4.79 Å². The van der Waals surface area contributed by atoms with E-state index in [0.29, 0.717) is 0 Å². The molecule has 1 unspecified atom stereocenters. The van der Waals surface area contributed by atoms with E-state index in [4.69, 9.17) is 0 Å². The largest absolute Gasteiger partial charge is 0.324 e. The van der Waals surface area contributed by atoms with E-state index in [1.165, 1.54) is 5.56 Å². The van der Waals surface area contributed by atoms with Crippen LogP contribution in [0.2, 0.25) is 0 Å². The molecular weight excluding hydrogens is 370 g/mol. The molecule has 3 rings (SSSR count). The maximum Gasteiger partial charge on any atom is 0.232 e. The van der Waals surface area contributed by atoms with Gasteiger partial charge in [0.2, 0.25) is 5.91 Å². The van der Waals surface area contributed by atoms with Crippen molar-refractivity contribution in [3.63, 3.8) is 0 Å². The Bertz CT molecular complexity index is 640. The van der Waals surface area contributed by atoms with E-state index >= 15 is 0 Å². The highest BCUT2D eigenvalue weighted by atomic mass is 79.9. The van der Waals surface area contributed by atoms with Crippen molar-refractivity contribution in [2.24, 2.45) is 0 Å². The summed E-state index contributed by atoms with van der Waals surface area (Å²) in [5.41, 5.74) is 3.12. The zero-order chi connectivity index (χ0) is 13.4. The molecular formula is C15H11Br2NO. The standard InChI is InChI=1S/C15H11Br2NO/c16-10-7-11-12(6-9-4-2-1-3-5-9)15(19)18-14(11)13(17)8-10/h1-5,7-8,12H,6H2,(H,18,19). The summed E-state index contributed by atoms with van der Waals surface area (Å²) in [6.07, 6.45) is 0.725. The smallest absolute Gasteiger partial charge is 0.232 e. The average molecular weight is 381 g/mol. The van der Waals surface area contributed by atoms with Crippen LogP contribution in [0.4, 0.5) is 5.69 Å². The molecule has 1 N–H and O–H groups in total. The lowest BCUT2D eigenvalue weighted by molar-refractivity contribution is -0.117. The number of hydrogen-bond donors (Lipinski definition) is 1. The summed E-state index contributed by atoms with van der Waals surface area (Å²) < 4.78 is 1.90. The summed E-state index contributed by atoms with van der Waals surface area (Å²) >= 11 is 6.97. The highest BCUT2D eigenvalue weighted by Gasteiger charge is 2.32. The molecule has 0 aromatic heterocycles. The van der Waals surface area contributed by atoms with Crippen molar-refractivity contribution >= 4 is 43.5 Å². The molecule has 0 saturated carbocycles. The average Bonchev–Trinajstić information content (AvgIpc) is 2.69. The van der Waals surface area contributed by atoms with E-state index in [1.807, 2.05) is 30.3 Å². The van der Waals surface area contributed by atoms with Gasteiger partial charge < -0.3 is 5.32 Å². The Balaban J connectivity index is 1.99. The monoisotopic (exact) mass is 379 g/mol. The molecule has 0 saturated heterocycles. The summed E-state index contributed by atoms with van der Waals surface area (Å²) in [5, 5.41) is 2.96. The Hall–Kier alpha value is -1.13. The van der Waals surface area contributed by atoms with Crippen LogP contribution in [-0.2, 0) is 11.2 Å². The Morgan fingerprint density at radius 2 is 1.84 bits per heavy atom. The first-order chi connectivity index (χ1) is 9.15. The zero-order valence-electron chi connectivity index (χ0n) is 9.99. The molecule has 1 aliphatic heterocycles. The Morgan fingerprint density at radius 1 is 1.11 bits per heavy atom. The minimum absolute atomic E-state index is 0.0673. The van der Waals surface area contributed by atoms with Gasteiger partial charge >= 0.3 is 0 Å². The fourth-order valence-corrected chi connectivity index (χ4v) is 3.76. The van der Waals surface area contributed by atoms with Crippen LogP contribution in [0.5, 0.6) is 0 Å². The molecule has 0 fully saturated rings. The van der Waals surface area contributed by atoms with Crippen LogP contribution in [0.1, 0.15) is 17.0 Å². The molecule has 1 amide bonds. The SMILES string of the molecule is O=C1Nc2c(Br)cc(Br)cc2C1Cc1ccccc1. The minimum Gasteiger partial charge on any atom is -0.324 e. The van der Waals surface area contributed by atoms with E-state index < -0.39 is 0 Å².